The molecular formula is C31H32N4O3. The molecular weight excluding hydrogens is 476 g/mol. The summed E-state index contributed by atoms with van der Waals surface area (Å²) in [7, 11) is 0. The number of fused-ring (bicyclic) bond motifs is 2. The Labute approximate surface area is 222 Å². The summed E-state index contributed by atoms with van der Waals surface area (Å²) in [4.78, 5) is 31.1. The number of aromatic nitrogens is 2. The number of rotatable bonds is 10. The van der Waals surface area contributed by atoms with E-state index < -0.39 is 0 Å². The van der Waals surface area contributed by atoms with E-state index in [1.807, 2.05) is 54.3 Å². The molecule has 0 spiro atoms. The van der Waals surface area contributed by atoms with Crippen molar-refractivity contribution in [2.24, 2.45) is 5.41 Å². The Hall–Kier alpha value is -4.00. The Balaban J connectivity index is 1.26. The van der Waals surface area contributed by atoms with Gasteiger partial charge in [-0.05, 0) is 85.8 Å². The number of allylic oxidation sites excluding steroid dienone is 2. The molecule has 2 bridgehead atoms. The molecule has 1 N–H and O–H groups in total. The number of benzene rings is 2. The summed E-state index contributed by atoms with van der Waals surface area (Å²) < 4.78 is 5.63. The molecule has 7 rings (SSSR count). The van der Waals surface area contributed by atoms with E-state index >= 15 is 0 Å². The summed E-state index contributed by atoms with van der Waals surface area (Å²) in [5, 5.41) is 6.92. The van der Waals surface area contributed by atoms with E-state index in [4.69, 9.17) is 4.52 Å². The lowest BCUT2D eigenvalue weighted by Crippen LogP contribution is -2.48. The minimum atomic E-state index is -0.0235. The van der Waals surface area contributed by atoms with Gasteiger partial charge in [0, 0.05) is 35.0 Å². The minimum absolute atomic E-state index is 0.0235. The van der Waals surface area contributed by atoms with Crippen molar-refractivity contribution >= 4 is 29.3 Å². The van der Waals surface area contributed by atoms with Gasteiger partial charge in [0.25, 0.3) is 11.8 Å². The van der Waals surface area contributed by atoms with Gasteiger partial charge in [-0.15, -0.1) is 0 Å². The second-order valence-electron chi connectivity index (χ2n) is 10.9. The highest BCUT2D eigenvalue weighted by atomic mass is 16.5. The first-order valence-corrected chi connectivity index (χ1v) is 13.4. The third-order valence-electron chi connectivity index (χ3n) is 8.20. The number of nitrogens with zero attached hydrogens (tertiary/aromatic N) is 3. The molecule has 2 amide bonds. The van der Waals surface area contributed by atoms with Gasteiger partial charge in [-0.1, -0.05) is 48.5 Å². The Morgan fingerprint density at radius 1 is 1.18 bits per heavy atom. The van der Waals surface area contributed by atoms with Gasteiger partial charge in [-0.2, -0.15) is 4.98 Å². The maximum atomic E-state index is 13.6. The molecule has 4 aliphatic carbocycles. The van der Waals surface area contributed by atoms with Crippen LogP contribution in [0.2, 0.25) is 0 Å². The van der Waals surface area contributed by atoms with Gasteiger partial charge < -0.3 is 14.7 Å². The molecule has 194 valence electrons. The van der Waals surface area contributed by atoms with E-state index in [1.165, 1.54) is 11.1 Å². The topological polar surface area (TPSA) is 88.3 Å². The number of carbonyl (C=O) groups is 2. The lowest BCUT2D eigenvalue weighted by molar-refractivity contribution is -0.115. The highest BCUT2D eigenvalue weighted by molar-refractivity contribution is 6.05. The molecule has 1 heterocycles. The zero-order valence-electron chi connectivity index (χ0n) is 21.7. The second-order valence-corrected chi connectivity index (χ2v) is 10.9. The van der Waals surface area contributed by atoms with Gasteiger partial charge in [0.05, 0.1) is 0 Å². The Morgan fingerprint density at radius 3 is 2.63 bits per heavy atom. The smallest absolute Gasteiger partial charge is 0.253 e. The molecule has 2 aromatic carbocycles. The molecule has 0 unspecified atom stereocenters. The van der Waals surface area contributed by atoms with Crippen LogP contribution in [-0.2, 0) is 9.59 Å². The lowest BCUT2D eigenvalue weighted by Gasteiger charge is -2.51. The van der Waals surface area contributed by atoms with Crippen LogP contribution in [0, 0.1) is 5.41 Å². The number of nitrogens with one attached hydrogen (secondary N) is 1. The maximum Gasteiger partial charge on any atom is 0.253 e. The first-order chi connectivity index (χ1) is 18.5. The molecule has 0 atom stereocenters. The van der Waals surface area contributed by atoms with Crippen LogP contribution >= 0.6 is 0 Å². The van der Waals surface area contributed by atoms with E-state index in [9.17, 15) is 9.59 Å². The van der Waals surface area contributed by atoms with Crippen LogP contribution in [0.3, 0.4) is 0 Å². The number of anilines is 2. The highest BCUT2D eigenvalue weighted by Gasteiger charge is 2.48. The van der Waals surface area contributed by atoms with Gasteiger partial charge in [-0.25, -0.2) is 0 Å². The Bertz CT molecular complexity index is 1440. The van der Waals surface area contributed by atoms with E-state index in [0.717, 1.165) is 66.9 Å². The first kappa shape index (κ1) is 24.3. The van der Waals surface area contributed by atoms with E-state index in [2.05, 4.69) is 28.1 Å². The molecule has 3 aromatic rings. The van der Waals surface area contributed by atoms with Crippen LogP contribution in [0.1, 0.15) is 69.5 Å². The second kappa shape index (κ2) is 9.71. The normalized spacial score (nSPS) is 17.5. The molecule has 7 heteroatoms. The van der Waals surface area contributed by atoms with Crippen molar-refractivity contribution in [1.82, 2.24) is 10.1 Å². The van der Waals surface area contributed by atoms with Gasteiger partial charge in [0.15, 0.2) is 5.82 Å². The van der Waals surface area contributed by atoms with Crippen LogP contribution < -0.4 is 10.2 Å². The van der Waals surface area contributed by atoms with Gasteiger partial charge >= 0.3 is 0 Å². The zero-order chi connectivity index (χ0) is 26.3. The zero-order valence-corrected chi connectivity index (χ0v) is 21.7. The molecule has 1 aromatic heterocycles. The molecule has 0 radical (unpaired) electrons. The van der Waals surface area contributed by atoms with E-state index in [1.54, 1.807) is 0 Å². The van der Waals surface area contributed by atoms with Crippen LogP contribution in [-0.4, -0.2) is 29.0 Å². The lowest BCUT2D eigenvalue weighted by atomic mass is 9.57. The Morgan fingerprint density at radius 2 is 1.95 bits per heavy atom. The monoisotopic (exact) mass is 508 g/mol. The van der Waals surface area contributed by atoms with E-state index in [0.29, 0.717) is 36.8 Å². The summed E-state index contributed by atoms with van der Waals surface area (Å²) in [6, 6.07) is 15.8. The standard InChI is InChI=1S/C31H32N4O3/c1-3-20(2)30(37)35(26-9-5-7-23(15-26)22-6-4-8-25(14-22)32-19-36)18-31-13-12-27(24(16-31)17-31)29-33-28(34-38-29)21-10-11-21/h4-9,14-15,19,21H,2-3,10-13,16-18H2,1H3,(H,32,36). The summed E-state index contributed by atoms with van der Waals surface area (Å²) in [5.41, 5.74) is 6.80. The van der Waals surface area contributed by atoms with Gasteiger partial charge in [0.2, 0.25) is 6.41 Å². The van der Waals surface area contributed by atoms with Crippen molar-refractivity contribution in [1.29, 1.82) is 0 Å². The quantitative estimate of drug-likeness (QED) is 0.249. The predicted octanol–water partition coefficient (Wildman–Crippen LogP) is 6.51. The fourth-order valence-electron chi connectivity index (χ4n) is 5.79. The molecule has 0 aliphatic heterocycles. The molecule has 2 saturated carbocycles. The number of hydrogen-bond donors (Lipinski definition) is 1. The molecule has 4 aliphatic rings. The van der Waals surface area contributed by atoms with Crippen LogP contribution in [0.5, 0.6) is 0 Å². The highest BCUT2D eigenvalue weighted by Crippen LogP contribution is 2.57. The first-order valence-electron chi connectivity index (χ1n) is 13.4. The Kier molecular flexibility index (Phi) is 6.22. The van der Waals surface area contributed by atoms with Crippen LogP contribution in [0.15, 0.2) is 70.8 Å². The van der Waals surface area contributed by atoms with Crippen molar-refractivity contribution in [2.45, 2.75) is 57.8 Å². The number of hydrogen-bond acceptors (Lipinski definition) is 5. The summed E-state index contributed by atoms with van der Waals surface area (Å²) in [6.07, 6.45) is 7.37. The number of amides is 2. The number of carbonyl (C=O) groups excluding carboxylic acids is 2. The summed E-state index contributed by atoms with van der Waals surface area (Å²) in [5.74, 6) is 2.01. The molecule has 2 fully saturated rings. The van der Waals surface area contributed by atoms with Gasteiger partial charge in [0.1, 0.15) is 0 Å². The van der Waals surface area contributed by atoms with Crippen molar-refractivity contribution in [3.63, 3.8) is 0 Å². The fraction of sp³-hybridized carbons (Fsp3) is 0.355. The van der Waals surface area contributed by atoms with Crippen molar-refractivity contribution < 1.29 is 14.1 Å². The predicted molar refractivity (Wildman–Crippen MR) is 147 cm³/mol. The molecule has 0 saturated heterocycles. The average molecular weight is 509 g/mol. The van der Waals surface area contributed by atoms with Crippen molar-refractivity contribution in [3.05, 3.63) is 78.0 Å². The fourth-order valence-corrected chi connectivity index (χ4v) is 5.79. The molecule has 38 heavy (non-hydrogen) atoms. The van der Waals surface area contributed by atoms with Crippen molar-refractivity contribution in [2.75, 3.05) is 16.8 Å². The summed E-state index contributed by atoms with van der Waals surface area (Å²) >= 11 is 0. The molecule has 7 nitrogen and oxygen atoms in total. The third kappa shape index (κ3) is 4.57. The summed E-state index contributed by atoms with van der Waals surface area (Å²) in [6.45, 7) is 6.68. The van der Waals surface area contributed by atoms with E-state index in [-0.39, 0.29) is 11.3 Å². The average Bonchev–Trinajstić information content (AvgIpc) is 3.67. The SMILES string of the molecule is C=C(CC)C(=O)N(CC12CCC(c3nc(C4CC4)no3)=C(C1)C2)c1cccc(-c2cccc(NC=O)c2)c1. The minimum Gasteiger partial charge on any atom is -0.334 e. The van der Waals surface area contributed by atoms with Gasteiger partial charge in [-0.3, -0.25) is 9.59 Å². The van der Waals surface area contributed by atoms with Crippen LogP contribution in [0.4, 0.5) is 11.4 Å². The largest absolute Gasteiger partial charge is 0.334 e. The van der Waals surface area contributed by atoms with Crippen LogP contribution in [0.25, 0.3) is 16.7 Å². The maximum absolute atomic E-state index is 13.6. The third-order valence-corrected chi connectivity index (χ3v) is 8.20. The van der Waals surface area contributed by atoms with Crippen molar-refractivity contribution in [3.8, 4) is 11.1 Å².